The highest BCUT2D eigenvalue weighted by Gasteiger charge is 2.54. The van der Waals surface area contributed by atoms with Crippen LogP contribution in [-0.2, 0) is 14.3 Å². The molecule has 1 aromatic carbocycles. The number of piperazine rings is 1. The van der Waals surface area contributed by atoms with Gasteiger partial charge in [0, 0.05) is 5.70 Å². The number of ether oxygens (including phenoxy) is 1. The number of rotatable bonds is 3. The molecule has 5 heteroatoms. The summed E-state index contributed by atoms with van der Waals surface area (Å²) in [6.45, 7) is 6.14. The molecule has 0 spiro atoms. The minimum Gasteiger partial charge on any atom is -0.469 e. The zero-order valence-electron chi connectivity index (χ0n) is 13.7. The van der Waals surface area contributed by atoms with Crippen LogP contribution in [0.4, 0.5) is 0 Å². The van der Waals surface area contributed by atoms with Gasteiger partial charge in [0.1, 0.15) is 0 Å². The molecule has 4 atom stereocenters. The van der Waals surface area contributed by atoms with E-state index in [1.165, 1.54) is 7.11 Å². The molecule has 1 amide bonds. The predicted molar refractivity (Wildman–Crippen MR) is 86.3 cm³/mol. The lowest BCUT2D eigenvalue weighted by atomic mass is 9.97. The lowest BCUT2D eigenvalue weighted by Crippen LogP contribution is -2.55. The van der Waals surface area contributed by atoms with Crippen molar-refractivity contribution in [3.05, 3.63) is 48.2 Å². The standard InChI is InChI=1S/C18H22N2O3/c1-11(13-8-6-5-7-9-13)20-12(2)16-14(18(22)23-4)10-15(17(20)21)19(16)3/h5-9,11,14-16H,2,10H2,1,3-4H3/t11?,14-,15+,16+/m0/s1. The Bertz CT molecular complexity index is 643. The zero-order chi connectivity index (χ0) is 16.7. The second-order valence-corrected chi connectivity index (χ2v) is 6.28. The van der Waals surface area contributed by atoms with Crippen molar-refractivity contribution in [2.45, 2.75) is 31.5 Å². The van der Waals surface area contributed by atoms with Crippen molar-refractivity contribution in [1.29, 1.82) is 0 Å². The summed E-state index contributed by atoms with van der Waals surface area (Å²) in [7, 11) is 3.27. The molecule has 1 unspecified atom stereocenters. The van der Waals surface area contributed by atoms with Crippen LogP contribution >= 0.6 is 0 Å². The van der Waals surface area contributed by atoms with E-state index >= 15 is 0 Å². The number of carbonyl (C=O) groups excluding carboxylic acids is 2. The van der Waals surface area contributed by atoms with Gasteiger partial charge in [-0.15, -0.1) is 0 Å². The highest BCUT2D eigenvalue weighted by molar-refractivity contribution is 5.89. The molecule has 0 aliphatic carbocycles. The molecule has 2 bridgehead atoms. The van der Waals surface area contributed by atoms with Crippen molar-refractivity contribution in [1.82, 2.24) is 9.80 Å². The molecule has 2 saturated heterocycles. The van der Waals surface area contributed by atoms with Crippen molar-refractivity contribution < 1.29 is 14.3 Å². The van der Waals surface area contributed by atoms with Crippen LogP contribution in [0.1, 0.15) is 24.9 Å². The van der Waals surface area contributed by atoms with Gasteiger partial charge < -0.3 is 9.64 Å². The van der Waals surface area contributed by atoms with Gasteiger partial charge in [0.15, 0.2) is 0 Å². The molecule has 5 nitrogen and oxygen atoms in total. The lowest BCUT2D eigenvalue weighted by molar-refractivity contribution is -0.146. The minimum absolute atomic E-state index is 0.0107. The Morgan fingerprint density at radius 2 is 2.00 bits per heavy atom. The van der Waals surface area contributed by atoms with Crippen LogP contribution < -0.4 is 0 Å². The fourth-order valence-electron chi connectivity index (χ4n) is 3.90. The molecule has 0 radical (unpaired) electrons. The van der Waals surface area contributed by atoms with Crippen molar-refractivity contribution in [3.63, 3.8) is 0 Å². The molecule has 122 valence electrons. The molecule has 23 heavy (non-hydrogen) atoms. The van der Waals surface area contributed by atoms with E-state index in [1.54, 1.807) is 4.90 Å². The second-order valence-electron chi connectivity index (χ2n) is 6.28. The number of esters is 1. The number of hydrogen-bond donors (Lipinski definition) is 0. The normalized spacial score (nSPS) is 28.8. The summed E-state index contributed by atoms with van der Waals surface area (Å²) in [6, 6.07) is 9.30. The average Bonchev–Trinajstić information content (AvgIpc) is 2.85. The molecular weight excluding hydrogens is 292 g/mol. The Morgan fingerprint density at radius 3 is 2.61 bits per heavy atom. The summed E-state index contributed by atoms with van der Waals surface area (Å²) in [5, 5.41) is 0. The van der Waals surface area contributed by atoms with Crippen molar-refractivity contribution in [2.24, 2.45) is 5.92 Å². The van der Waals surface area contributed by atoms with Crippen molar-refractivity contribution >= 4 is 11.9 Å². The average molecular weight is 314 g/mol. The number of likely N-dealkylation sites (tertiary alicyclic amines) is 1. The van der Waals surface area contributed by atoms with Gasteiger partial charge in [-0.2, -0.15) is 0 Å². The van der Waals surface area contributed by atoms with E-state index in [9.17, 15) is 9.59 Å². The molecule has 2 heterocycles. The van der Waals surface area contributed by atoms with E-state index in [0.717, 1.165) is 5.56 Å². The van der Waals surface area contributed by atoms with Gasteiger partial charge in [-0.3, -0.25) is 14.5 Å². The minimum atomic E-state index is -0.334. The third kappa shape index (κ3) is 2.36. The number of methoxy groups -OCH3 is 1. The smallest absolute Gasteiger partial charge is 0.310 e. The van der Waals surface area contributed by atoms with Crippen LogP contribution in [-0.4, -0.2) is 47.9 Å². The van der Waals surface area contributed by atoms with Gasteiger partial charge in [0.05, 0.1) is 31.2 Å². The van der Waals surface area contributed by atoms with Crippen LogP contribution in [0.2, 0.25) is 0 Å². The summed E-state index contributed by atoms with van der Waals surface area (Å²) < 4.78 is 4.92. The molecule has 0 aromatic heterocycles. The van der Waals surface area contributed by atoms with Gasteiger partial charge in [0.25, 0.3) is 0 Å². The first kappa shape index (κ1) is 15.7. The summed E-state index contributed by atoms with van der Waals surface area (Å²) >= 11 is 0. The Balaban J connectivity index is 1.94. The maximum atomic E-state index is 12.9. The Kier molecular flexibility index (Phi) is 3.98. The molecule has 1 aromatic rings. The SMILES string of the molecule is C=C1[C@@H]2[C@@H](C(=O)OC)C[C@H](C(=O)N1C(C)c1ccccc1)N2C. The van der Waals surface area contributed by atoms with Crippen LogP contribution in [0.5, 0.6) is 0 Å². The number of likely N-dealkylation sites (N-methyl/N-ethyl adjacent to an activating group) is 1. The Hall–Kier alpha value is -2.14. The molecular formula is C18H22N2O3. The fraction of sp³-hybridized carbons (Fsp3) is 0.444. The number of carbonyl (C=O) groups is 2. The van der Waals surface area contributed by atoms with Gasteiger partial charge in [0.2, 0.25) is 5.91 Å². The lowest BCUT2D eigenvalue weighted by Gasteiger charge is -2.43. The first-order chi connectivity index (χ1) is 11.0. The summed E-state index contributed by atoms with van der Waals surface area (Å²) in [5.41, 5.74) is 1.73. The number of fused-ring (bicyclic) bond motifs is 2. The van der Waals surface area contributed by atoms with Crippen LogP contribution in [0.25, 0.3) is 0 Å². The monoisotopic (exact) mass is 314 g/mol. The Morgan fingerprint density at radius 1 is 1.35 bits per heavy atom. The number of hydrogen-bond acceptors (Lipinski definition) is 4. The van der Waals surface area contributed by atoms with Crippen LogP contribution in [0.15, 0.2) is 42.6 Å². The topological polar surface area (TPSA) is 49.9 Å². The highest BCUT2D eigenvalue weighted by atomic mass is 16.5. The highest BCUT2D eigenvalue weighted by Crippen LogP contribution is 2.43. The Labute approximate surface area is 136 Å². The first-order valence-corrected chi connectivity index (χ1v) is 7.84. The van der Waals surface area contributed by atoms with E-state index in [0.29, 0.717) is 12.1 Å². The largest absolute Gasteiger partial charge is 0.469 e. The molecule has 2 aliphatic rings. The van der Waals surface area contributed by atoms with Crippen molar-refractivity contribution in [2.75, 3.05) is 14.2 Å². The third-order valence-corrected chi connectivity index (χ3v) is 5.14. The summed E-state index contributed by atoms with van der Waals surface area (Å²) in [4.78, 5) is 28.7. The van der Waals surface area contributed by atoms with Gasteiger partial charge >= 0.3 is 5.97 Å². The molecule has 2 fully saturated rings. The second kappa shape index (κ2) is 5.81. The first-order valence-electron chi connectivity index (χ1n) is 7.84. The van der Waals surface area contributed by atoms with E-state index in [1.807, 2.05) is 49.2 Å². The van der Waals surface area contributed by atoms with Gasteiger partial charge in [-0.1, -0.05) is 36.9 Å². The number of amides is 1. The molecule has 0 N–H and O–H groups in total. The van der Waals surface area contributed by atoms with E-state index in [4.69, 9.17) is 4.74 Å². The quantitative estimate of drug-likeness (QED) is 0.800. The predicted octanol–water partition coefficient (Wildman–Crippen LogP) is 1.97. The van der Waals surface area contributed by atoms with E-state index in [2.05, 4.69) is 6.58 Å². The fourth-order valence-corrected chi connectivity index (χ4v) is 3.90. The van der Waals surface area contributed by atoms with Crippen molar-refractivity contribution in [3.8, 4) is 0 Å². The number of benzene rings is 1. The number of nitrogens with zero attached hydrogens (tertiary/aromatic N) is 2. The summed E-state index contributed by atoms with van der Waals surface area (Å²) in [5.74, 6) is -0.594. The maximum Gasteiger partial charge on any atom is 0.310 e. The van der Waals surface area contributed by atoms with E-state index < -0.39 is 0 Å². The van der Waals surface area contributed by atoms with Crippen LogP contribution in [0.3, 0.4) is 0 Å². The molecule has 3 rings (SSSR count). The molecule has 0 saturated carbocycles. The van der Waals surface area contributed by atoms with E-state index in [-0.39, 0.29) is 35.9 Å². The van der Waals surface area contributed by atoms with Gasteiger partial charge in [-0.05, 0) is 26.0 Å². The molecule has 2 aliphatic heterocycles. The van der Waals surface area contributed by atoms with Gasteiger partial charge in [-0.25, -0.2) is 0 Å². The van der Waals surface area contributed by atoms with Crippen LogP contribution in [0, 0.1) is 5.92 Å². The summed E-state index contributed by atoms with van der Waals surface area (Å²) in [6.07, 6.45) is 0.490. The maximum absolute atomic E-state index is 12.9. The zero-order valence-corrected chi connectivity index (χ0v) is 13.7. The third-order valence-electron chi connectivity index (χ3n) is 5.14.